The molecule has 0 bridgehead atoms. The van der Waals surface area contributed by atoms with Gasteiger partial charge in [-0.1, -0.05) is 0 Å². The maximum Gasteiger partial charge on any atom is 0.377 e. The van der Waals surface area contributed by atoms with E-state index in [0.29, 0.717) is 0 Å². The van der Waals surface area contributed by atoms with E-state index in [1.54, 1.807) is 0 Å². The normalized spacial score (nSPS) is 20.7. The molecule has 7 nitrogen and oxygen atoms in total. The SMILES string of the molecule is CCOCC.O=C1O[C@H]([C@@H](O)CO)C(O)=C1O. The molecule has 0 saturated heterocycles. The number of hydrogen-bond acceptors (Lipinski definition) is 7. The summed E-state index contributed by atoms with van der Waals surface area (Å²) in [6.45, 7) is 5.00. The lowest BCUT2D eigenvalue weighted by Crippen LogP contribution is -2.31. The number of cyclic esters (lactones) is 1. The van der Waals surface area contributed by atoms with Gasteiger partial charge in [0.2, 0.25) is 5.76 Å². The lowest BCUT2D eigenvalue weighted by Gasteiger charge is -2.13. The van der Waals surface area contributed by atoms with Crippen molar-refractivity contribution in [2.24, 2.45) is 0 Å². The zero-order valence-corrected chi connectivity index (χ0v) is 9.79. The second-order valence-electron chi connectivity index (χ2n) is 3.09. The molecule has 7 heteroatoms. The lowest BCUT2D eigenvalue weighted by molar-refractivity contribution is -0.147. The third-order valence-electron chi connectivity index (χ3n) is 1.88. The Labute approximate surface area is 98.9 Å². The minimum Gasteiger partial charge on any atom is -0.505 e. The molecule has 100 valence electrons. The van der Waals surface area contributed by atoms with Crippen molar-refractivity contribution < 1.29 is 34.7 Å². The number of rotatable bonds is 4. The molecule has 1 rings (SSSR count). The van der Waals surface area contributed by atoms with Crippen molar-refractivity contribution in [2.45, 2.75) is 26.1 Å². The predicted molar refractivity (Wildman–Crippen MR) is 57.4 cm³/mol. The molecule has 17 heavy (non-hydrogen) atoms. The smallest absolute Gasteiger partial charge is 0.377 e. The van der Waals surface area contributed by atoms with Crippen molar-refractivity contribution in [2.75, 3.05) is 19.8 Å². The molecule has 0 saturated carbocycles. The monoisotopic (exact) mass is 250 g/mol. The summed E-state index contributed by atoms with van der Waals surface area (Å²) in [5, 5.41) is 35.0. The lowest BCUT2D eigenvalue weighted by atomic mass is 10.2. The van der Waals surface area contributed by atoms with Crippen LogP contribution in [-0.4, -0.2) is 58.4 Å². The van der Waals surface area contributed by atoms with Gasteiger partial charge < -0.3 is 29.9 Å². The molecule has 0 amide bonds. The molecule has 0 spiro atoms. The van der Waals surface area contributed by atoms with E-state index in [2.05, 4.69) is 4.74 Å². The van der Waals surface area contributed by atoms with E-state index >= 15 is 0 Å². The van der Waals surface area contributed by atoms with Crippen molar-refractivity contribution in [3.05, 3.63) is 11.5 Å². The number of ether oxygens (including phenoxy) is 2. The third-order valence-corrected chi connectivity index (χ3v) is 1.88. The Morgan fingerprint density at radius 3 is 2.12 bits per heavy atom. The van der Waals surface area contributed by atoms with Crippen LogP contribution in [0.2, 0.25) is 0 Å². The highest BCUT2D eigenvalue weighted by Crippen LogP contribution is 2.20. The number of aliphatic hydroxyl groups is 4. The second kappa shape index (κ2) is 7.88. The van der Waals surface area contributed by atoms with Crippen molar-refractivity contribution in [3.8, 4) is 0 Å². The molecular formula is C10H18O7. The van der Waals surface area contributed by atoms with Crippen molar-refractivity contribution in [1.29, 1.82) is 0 Å². The van der Waals surface area contributed by atoms with Gasteiger partial charge >= 0.3 is 5.97 Å². The number of carbonyl (C=O) groups is 1. The zero-order valence-electron chi connectivity index (χ0n) is 9.79. The molecule has 4 N–H and O–H groups in total. The van der Waals surface area contributed by atoms with Gasteiger partial charge in [-0.2, -0.15) is 0 Å². The van der Waals surface area contributed by atoms with E-state index in [1.165, 1.54) is 0 Å². The summed E-state index contributed by atoms with van der Waals surface area (Å²) < 4.78 is 9.15. The Bertz CT molecular complexity index is 272. The fourth-order valence-electron chi connectivity index (χ4n) is 1.03. The quantitative estimate of drug-likeness (QED) is 0.503. The Balaban J connectivity index is 0.000000437. The number of aliphatic hydroxyl groups excluding tert-OH is 4. The van der Waals surface area contributed by atoms with Crippen LogP contribution in [0.4, 0.5) is 0 Å². The molecule has 0 unspecified atom stereocenters. The minimum absolute atomic E-state index is 0.671. The summed E-state index contributed by atoms with van der Waals surface area (Å²) in [5.41, 5.74) is 0. The third kappa shape index (κ3) is 4.59. The average molecular weight is 250 g/mol. The molecule has 2 atom stereocenters. The van der Waals surface area contributed by atoms with Gasteiger partial charge in [0.1, 0.15) is 6.10 Å². The fraction of sp³-hybridized carbons (Fsp3) is 0.700. The van der Waals surface area contributed by atoms with E-state index in [-0.39, 0.29) is 0 Å². The van der Waals surface area contributed by atoms with Crippen molar-refractivity contribution in [1.82, 2.24) is 0 Å². The van der Waals surface area contributed by atoms with E-state index in [9.17, 15) is 4.79 Å². The van der Waals surface area contributed by atoms with Gasteiger partial charge in [-0.25, -0.2) is 4.79 Å². The maximum absolute atomic E-state index is 10.5. The van der Waals surface area contributed by atoms with Gasteiger partial charge in [0, 0.05) is 13.2 Å². The summed E-state index contributed by atoms with van der Waals surface area (Å²) in [5.74, 6) is -2.78. The summed E-state index contributed by atoms with van der Waals surface area (Å²) in [6.07, 6.45) is -2.78. The van der Waals surface area contributed by atoms with E-state index in [0.717, 1.165) is 13.2 Å². The molecule has 0 aromatic carbocycles. The average Bonchev–Trinajstić information content (AvgIpc) is 2.58. The van der Waals surface area contributed by atoms with E-state index in [1.807, 2.05) is 13.8 Å². The zero-order chi connectivity index (χ0) is 13.4. The Morgan fingerprint density at radius 1 is 1.35 bits per heavy atom. The topological polar surface area (TPSA) is 116 Å². The van der Waals surface area contributed by atoms with Crippen LogP contribution in [0.15, 0.2) is 11.5 Å². The highest BCUT2D eigenvalue weighted by Gasteiger charge is 2.38. The minimum atomic E-state index is -1.42. The Kier molecular flexibility index (Phi) is 7.27. The molecule has 0 aromatic rings. The molecule has 1 heterocycles. The summed E-state index contributed by atoms with van der Waals surface area (Å²) in [7, 11) is 0. The second-order valence-corrected chi connectivity index (χ2v) is 3.09. The summed E-state index contributed by atoms with van der Waals surface area (Å²) in [4.78, 5) is 10.5. The first-order valence-corrected chi connectivity index (χ1v) is 5.19. The number of hydrogen-bond donors (Lipinski definition) is 4. The molecule has 1 aliphatic rings. The first-order chi connectivity index (χ1) is 7.99. The van der Waals surface area contributed by atoms with E-state index in [4.69, 9.17) is 25.2 Å². The van der Waals surface area contributed by atoms with Crippen LogP contribution in [0.3, 0.4) is 0 Å². The van der Waals surface area contributed by atoms with Crippen LogP contribution in [0.5, 0.6) is 0 Å². The predicted octanol–water partition coefficient (Wildman–Crippen LogP) is -0.365. The van der Waals surface area contributed by atoms with Crippen LogP contribution >= 0.6 is 0 Å². The highest BCUT2D eigenvalue weighted by molar-refractivity contribution is 5.89. The van der Waals surface area contributed by atoms with Crippen molar-refractivity contribution in [3.63, 3.8) is 0 Å². The first kappa shape index (κ1) is 15.7. The highest BCUT2D eigenvalue weighted by atomic mass is 16.6. The molecule has 0 fully saturated rings. The van der Waals surface area contributed by atoms with Gasteiger partial charge in [-0.05, 0) is 13.8 Å². The van der Waals surface area contributed by atoms with Crippen LogP contribution in [0.1, 0.15) is 13.8 Å². The largest absolute Gasteiger partial charge is 0.505 e. The van der Waals surface area contributed by atoms with Crippen LogP contribution < -0.4 is 0 Å². The van der Waals surface area contributed by atoms with Crippen LogP contribution in [-0.2, 0) is 14.3 Å². The molecule has 0 radical (unpaired) electrons. The van der Waals surface area contributed by atoms with Crippen LogP contribution in [0, 0.1) is 0 Å². The van der Waals surface area contributed by atoms with E-state index < -0.39 is 36.3 Å². The molecular weight excluding hydrogens is 232 g/mol. The Morgan fingerprint density at radius 2 is 1.88 bits per heavy atom. The van der Waals surface area contributed by atoms with Gasteiger partial charge in [-0.3, -0.25) is 0 Å². The summed E-state index contributed by atoms with van der Waals surface area (Å²) >= 11 is 0. The molecule has 1 aliphatic heterocycles. The van der Waals surface area contributed by atoms with Crippen LogP contribution in [0.25, 0.3) is 0 Å². The molecule has 0 aromatic heterocycles. The van der Waals surface area contributed by atoms with Gasteiger partial charge in [-0.15, -0.1) is 0 Å². The number of carbonyl (C=O) groups excluding carboxylic acids is 1. The number of esters is 1. The first-order valence-electron chi connectivity index (χ1n) is 5.19. The standard InChI is InChI=1S/C6H8O6.C4H10O/c7-1-2(8)5-3(9)4(10)6(11)12-5;1-3-5-4-2/h2,5,7-10H,1H2;3-4H2,1-2H3/t2-,5+;/m0./s1. The van der Waals surface area contributed by atoms with Gasteiger partial charge in [0.15, 0.2) is 11.9 Å². The maximum atomic E-state index is 10.5. The van der Waals surface area contributed by atoms with Gasteiger partial charge in [0.05, 0.1) is 6.61 Å². The summed E-state index contributed by atoms with van der Waals surface area (Å²) in [6, 6.07) is 0. The fourth-order valence-corrected chi connectivity index (χ4v) is 1.03. The Hall–Kier alpha value is -1.31. The van der Waals surface area contributed by atoms with Gasteiger partial charge in [0.25, 0.3) is 0 Å². The van der Waals surface area contributed by atoms with Crippen molar-refractivity contribution >= 4 is 5.97 Å². The molecule has 0 aliphatic carbocycles.